The van der Waals surface area contributed by atoms with Gasteiger partial charge in [0.1, 0.15) is 6.42 Å². The number of carbonyl (C=O) groups excluding carboxylic acids is 3. The predicted octanol–water partition coefficient (Wildman–Crippen LogP) is 3.17. The second kappa shape index (κ2) is 8.10. The van der Waals surface area contributed by atoms with Gasteiger partial charge in [0.25, 0.3) is 5.91 Å². The molecule has 2 N–H and O–H groups in total. The number of amides is 2. The number of nitrogens with one attached hydrogen (secondary N) is 2. The van der Waals surface area contributed by atoms with Gasteiger partial charge in [0.15, 0.2) is 6.10 Å². The number of rotatable bonds is 6. The first-order chi connectivity index (χ1) is 14.4. The number of carbonyl (C=O) groups is 3. The Kier molecular flexibility index (Phi) is 5.50. The molecule has 1 atom stereocenters. The molecule has 1 unspecified atom stereocenters. The summed E-state index contributed by atoms with van der Waals surface area (Å²) in [5, 5.41) is 14.3. The van der Waals surface area contributed by atoms with Gasteiger partial charge in [-0.1, -0.05) is 0 Å². The third kappa shape index (κ3) is 4.33. The van der Waals surface area contributed by atoms with Crippen molar-refractivity contribution in [2.75, 3.05) is 5.32 Å². The summed E-state index contributed by atoms with van der Waals surface area (Å²) in [6, 6.07) is 7.94. The summed E-state index contributed by atoms with van der Waals surface area (Å²) in [5.41, 5.74) is 0.664. The van der Waals surface area contributed by atoms with Gasteiger partial charge in [0.05, 0.1) is 11.6 Å². The highest BCUT2D eigenvalue weighted by Crippen LogP contribution is 2.55. The molecule has 5 rings (SSSR count). The first kappa shape index (κ1) is 20.4. The van der Waals surface area contributed by atoms with Gasteiger partial charge in [0, 0.05) is 11.2 Å². The molecule has 1 aromatic carbocycles. The van der Waals surface area contributed by atoms with Crippen LogP contribution in [0.1, 0.15) is 62.2 Å². The van der Waals surface area contributed by atoms with Crippen LogP contribution in [0.25, 0.3) is 0 Å². The Morgan fingerprint density at radius 2 is 1.67 bits per heavy atom. The van der Waals surface area contributed by atoms with E-state index in [0.717, 1.165) is 37.0 Å². The maximum Gasteiger partial charge on any atom is 0.338 e. The minimum absolute atomic E-state index is 0.115. The Bertz CT molecular complexity index is 851. The highest BCUT2D eigenvalue weighted by Gasteiger charge is 2.51. The topological polar surface area (TPSA) is 108 Å². The second-order valence-electron chi connectivity index (χ2n) is 9.20. The van der Waals surface area contributed by atoms with Gasteiger partial charge in [-0.2, -0.15) is 5.26 Å². The van der Waals surface area contributed by atoms with Crippen molar-refractivity contribution >= 4 is 23.5 Å². The Morgan fingerprint density at radius 1 is 1.10 bits per heavy atom. The maximum absolute atomic E-state index is 12.8. The van der Waals surface area contributed by atoms with Crippen molar-refractivity contribution in [1.82, 2.24) is 5.32 Å². The standard InChI is InChI=1S/C23H27N3O4/c1-14(21(28)26-23-11-15-8-16(12-23)10-17(9-15)13-23)30-22(29)18-2-4-19(5-3-18)25-20(27)6-7-24/h2-5,14-17H,6,8-13H2,1H3,(H,25,27)(H,26,28). The fourth-order valence-corrected chi connectivity index (χ4v) is 5.88. The van der Waals surface area contributed by atoms with Crippen LogP contribution in [0, 0.1) is 29.1 Å². The summed E-state index contributed by atoms with van der Waals surface area (Å²) in [7, 11) is 0. The van der Waals surface area contributed by atoms with E-state index in [1.54, 1.807) is 25.1 Å². The van der Waals surface area contributed by atoms with Gasteiger partial charge >= 0.3 is 5.97 Å². The molecule has 0 aromatic heterocycles. The zero-order valence-corrected chi connectivity index (χ0v) is 17.1. The molecule has 7 nitrogen and oxygen atoms in total. The second-order valence-corrected chi connectivity index (χ2v) is 9.20. The average Bonchev–Trinajstić information content (AvgIpc) is 2.67. The third-order valence-electron chi connectivity index (χ3n) is 6.72. The molecule has 4 saturated carbocycles. The summed E-state index contributed by atoms with van der Waals surface area (Å²) in [6.45, 7) is 1.60. The minimum atomic E-state index is -0.875. The van der Waals surface area contributed by atoms with E-state index in [9.17, 15) is 14.4 Å². The SMILES string of the molecule is CC(OC(=O)c1ccc(NC(=O)CC#N)cc1)C(=O)NC12CC3CC(CC(C3)C1)C2. The van der Waals surface area contributed by atoms with E-state index >= 15 is 0 Å². The van der Waals surface area contributed by atoms with Gasteiger partial charge in [0.2, 0.25) is 5.91 Å². The minimum Gasteiger partial charge on any atom is -0.449 e. The monoisotopic (exact) mass is 409 g/mol. The number of nitrogens with zero attached hydrogens (tertiary/aromatic N) is 1. The average molecular weight is 409 g/mol. The number of benzene rings is 1. The summed E-state index contributed by atoms with van der Waals surface area (Å²) in [4.78, 5) is 36.6. The molecule has 4 bridgehead atoms. The molecule has 0 radical (unpaired) electrons. The Labute approximate surface area is 176 Å². The largest absolute Gasteiger partial charge is 0.449 e. The summed E-state index contributed by atoms with van der Waals surface area (Å²) >= 11 is 0. The van der Waals surface area contributed by atoms with E-state index in [-0.39, 0.29) is 17.9 Å². The fourth-order valence-electron chi connectivity index (χ4n) is 5.88. The van der Waals surface area contributed by atoms with Gasteiger partial charge < -0.3 is 15.4 Å². The van der Waals surface area contributed by atoms with Crippen LogP contribution in [0.2, 0.25) is 0 Å². The Hall–Kier alpha value is -2.88. The van der Waals surface area contributed by atoms with E-state index in [1.165, 1.54) is 31.4 Å². The summed E-state index contributed by atoms with van der Waals surface area (Å²) < 4.78 is 5.39. The summed E-state index contributed by atoms with van der Waals surface area (Å²) in [6.07, 6.45) is 5.92. The first-order valence-electron chi connectivity index (χ1n) is 10.7. The molecule has 0 aliphatic heterocycles. The molecule has 4 aliphatic carbocycles. The fraction of sp³-hybridized carbons (Fsp3) is 0.565. The molecule has 158 valence electrons. The van der Waals surface area contributed by atoms with Crippen molar-refractivity contribution in [3.8, 4) is 6.07 Å². The number of ether oxygens (including phenoxy) is 1. The smallest absolute Gasteiger partial charge is 0.338 e. The zero-order chi connectivity index (χ0) is 21.3. The van der Waals surface area contributed by atoms with E-state index in [0.29, 0.717) is 11.3 Å². The molecule has 0 heterocycles. The number of hydrogen-bond donors (Lipinski definition) is 2. The van der Waals surface area contributed by atoms with Crippen LogP contribution >= 0.6 is 0 Å². The normalized spacial score (nSPS) is 29.5. The predicted molar refractivity (Wildman–Crippen MR) is 109 cm³/mol. The molecule has 1 aromatic rings. The van der Waals surface area contributed by atoms with E-state index in [2.05, 4.69) is 10.6 Å². The van der Waals surface area contributed by atoms with E-state index < -0.39 is 18.0 Å². The number of hydrogen-bond acceptors (Lipinski definition) is 5. The van der Waals surface area contributed by atoms with Crippen LogP contribution in [0.15, 0.2) is 24.3 Å². The van der Waals surface area contributed by atoms with E-state index in [4.69, 9.17) is 10.00 Å². The van der Waals surface area contributed by atoms with Crippen molar-refractivity contribution in [3.63, 3.8) is 0 Å². The van der Waals surface area contributed by atoms with Crippen molar-refractivity contribution in [3.05, 3.63) is 29.8 Å². The molecular formula is C23H27N3O4. The van der Waals surface area contributed by atoms with Crippen LogP contribution in [0.4, 0.5) is 5.69 Å². The molecule has 7 heteroatoms. The van der Waals surface area contributed by atoms with Gasteiger partial charge in [-0.3, -0.25) is 9.59 Å². The molecule has 4 aliphatic rings. The van der Waals surface area contributed by atoms with Crippen LogP contribution < -0.4 is 10.6 Å². The highest BCUT2D eigenvalue weighted by molar-refractivity contribution is 5.94. The zero-order valence-electron chi connectivity index (χ0n) is 17.1. The number of anilines is 1. The number of nitriles is 1. The van der Waals surface area contributed by atoms with Crippen LogP contribution in [0.3, 0.4) is 0 Å². The lowest BCUT2D eigenvalue weighted by atomic mass is 9.53. The first-order valence-corrected chi connectivity index (χ1v) is 10.7. The van der Waals surface area contributed by atoms with Gasteiger partial charge in [-0.15, -0.1) is 0 Å². The van der Waals surface area contributed by atoms with Crippen LogP contribution in [0.5, 0.6) is 0 Å². The van der Waals surface area contributed by atoms with Gasteiger partial charge in [-0.25, -0.2) is 4.79 Å². The molecule has 4 fully saturated rings. The lowest BCUT2D eigenvalue weighted by molar-refractivity contribution is -0.134. The third-order valence-corrected chi connectivity index (χ3v) is 6.72. The van der Waals surface area contributed by atoms with Crippen molar-refractivity contribution in [2.24, 2.45) is 17.8 Å². The lowest BCUT2D eigenvalue weighted by Gasteiger charge is -2.57. The molecule has 0 saturated heterocycles. The molecular weight excluding hydrogens is 382 g/mol. The van der Waals surface area contributed by atoms with Gasteiger partial charge in [-0.05, 0) is 87.5 Å². The van der Waals surface area contributed by atoms with Crippen molar-refractivity contribution < 1.29 is 19.1 Å². The maximum atomic E-state index is 12.8. The lowest BCUT2D eigenvalue weighted by Crippen LogP contribution is -2.61. The van der Waals surface area contributed by atoms with Crippen LogP contribution in [-0.4, -0.2) is 29.4 Å². The quantitative estimate of drug-likeness (QED) is 0.702. The molecule has 2 amide bonds. The number of esters is 1. The highest BCUT2D eigenvalue weighted by atomic mass is 16.5. The Morgan fingerprint density at radius 3 is 2.20 bits per heavy atom. The molecule has 30 heavy (non-hydrogen) atoms. The van der Waals surface area contributed by atoms with Crippen molar-refractivity contribution in [2.45, 2.75) is 63.5 Å². The van der Waals surface area contributed by atoms with Crippen molar-refractivity contribution in [1.29, 1.82) is 5.26 Å². The van der Waals surface area contributed by atoms with Crippen LogP contribution in [-0.2, 0) is 14.3 Å². The van der Waals surface area contributed by atoms with E-state index in [1.807, 2.05) is 0 Å². The summed E-state index contributed by atoms with van der Waals surface area (Å²) in [5.74, 6) is 0.941. The Balaban J connectivity index is 1.32. The molecule has 0 spiro atoms.